The standard InChI is InChI=1S/C18H17ClF3N5/c19-10-1-2-11(24-7-10)8-27-17-6-14(22)13(21)5-16(17)25-18(27)26-4-3-12(20)15(23)9-26/h1-2,5-7,12,15H,3-4,8-9,23H2/t12-,15-/m1/s1. The minimum Gasteiger partial charge on any atom is -0.340 e. The first-order valence-corrected chi connectivity index (χ1v) is 8.90. The molecular weight excluding hydrogens is 379 g/mol. The van der Waals surface area contributed by atoms with E-state index in [9.17, 15) is 13.2 Å². The van der Waals surface area contributed by atoms with Crippen LogP contribution in [0.5, 0.6) is 0 Å². The van der Waals surface area contributed by atoms with E-state index in [1.54, 1.807) is 16.7 Å². The zero-order valence-electron chi connectivity index (χ0n) is 14.2. The molecule has 0 unspecified atom stereocenters. The van der Waals surface area contributed by atoms with Gasteiger partial charge < -0.3 is 15.2 Å². The van der Waals surface area contributed by atoms with E-state index >= 15 is 0 Å². The number of nitrogens with zero attached hydrogens (tertiary/aromatic N) is 4. The van der Waals surface area contributed by atoms with Crippen LogP contribution in [0.3, 0.4) is 0 Å². The number of nitrogens with two attached hydrogens (primary N) is 1. The Morgan fingerprint density at radius 3 is 2.70 bits per heavy atom. The van der Waals surface area contributed by atoms with Gasteiger partial charge in [0, 0.05) is 31.4 Å². The predicted molar refractivity (Wildman–Crippen MR) is 97.7 cm³/mol. The van der Waals surface area contributed by atoms with Crippen molar-refractivity contribution < 1.29 is 13.2 Å². The van der Waals surface area contributed by atoms with Crippen LogP contribution in [0.15, 0.2) is 30.5 Å². The number of benzene rings is 1. The van der Waals surface area contributed by atoms with E-state index in [1.165, 1.54) is 6.20 Å². The van der Waals surface area contributed by atoms with Gasteiger partial charge in [0.2, 0.25) is 5.95 Å². The molecule has 3 heterocycles. The highest BCUT2D eigenvalue weighted by atomic mass is 35.5. The largest absolute Gasteiger partial charge is 0.340 e. The molecule has 2 N–H and O–H groups in total. The van der Waals surface area contributed by atoms with Crippen molar-refractivity contribution >= 4 is 28.6 Å². The smallest absolute Gasteiger partial charge is 0.206 e. The number of pyridine rings is 1. The van der Waals surface area contributed by atoms with Crippen molar-refractivity contribution in [2.75, 3.05) is 18.0 Å². The van der Waals surface area contributed by atoms with Crippen LogP contribution in [0.1, 0.15) is 12.1 Å². The van der Waals surface area contributed by atoms with Gasteiger partial charge in [-0.05, 0) is 18.6 Å². The van der Waals surface area contributed by atoms with E-state index in [0.29, 0.717) is 34.2 Å². The second-order valence-electron chi connectivity index (χ2n) is 6.64. The van der Waals surface area contributed by atoms with Crippen LogP contribution in [0.2, 0.25) is 5.02 Å². The molecule has 2 atom stereocenters. The van der Waals surface area contributed by atoms with Crippen molar-refractivity contribution in [1.29, 1.82) is 0 Å². The molecule has 0 amide bonds. The van der Waals surface area contributed by atoms with E-state index in [4.69, 9.17) is 17.3 Å². The summed E-state index contributed by atoms with van der Waals surface area (Å²) in [6.45, 7) is 0.958. The summed E-state index contributed by atoms with van der Waals surface area (Å²) in [7, 11) is 0. The number of anilines is 1. The Hall–Kier alpha value is -2.32. The molecule has 9 heteroatoms. The summed E-state index contributed by atoms with van der Waals surface area (Å²) in [4.78, 5) is 10.6. The molecule has 3 aromatic rings. The van der Waals surface area contributed by atoms with Crippen molar-refractivity contribution in [1.82, 2.24) is 14.5 Å². The molecule has 4 rings (SSSR count). The lowest BCUT2D eigenvalue weighted by molar-refractivity contribution is 0.243. The fraction of sp³-hybridized carbons (Fsp3) is 0.333. The molecule has 1 aromatic carbocycles. The van der Waals surface area contributed by atoms with Gasteiger partial charge in [0.1, 0.15) is 6.17 Å². The molecule has 27 heavy (non-hydrogen) atoms. The number of rotatable bonds is 3. The SMILES string of the molecule is N[C@@H]1CN(c2nc3cc(F)c(F)cc3n2Cc2ccc(Cl)cn2)CC[C@H]1F. The average Bonchev–Trinajstić information content (AvgIpc) is 2.97. The summed E-state index contributed by atoms with van der Waals surface area (Å²) in [5.74, 6) is -1.45. The minimum atomic E-state index is -1.08. The number of hydrogen-bond donors (Lipinski definition) is 1. The molecule has 0 bridgehead atoms. The van der Waals surface area contributed by atoms with Crippen molar-refractivity contribution in [2.45, 2.75) is 25.2 Å². The first-order valence-electron chi connectivity index (χ1n) is 8.52. The van der Waals surface area contributed by atoms with Gasteiger partial charge >= 0.3 is 0 Å². The van der Waals surface area contributed by atoms with E-state index in [-0.39, 0.29) is 19.5 Å². The third kappa shape index (κ3) is 3.46. The Labute approximate surface area is 158 Å². The summed E-state index contributed by atoms with van der Waals surface area (Å²) in [6.07, 6.45) is 0.708. The fourth-order valence-electron chi connectivity index (χ4n) is 3.30. The maximum absolute atomic E-state index is 13.9. The fourth-order valence-corrected chi connectivity index (χ4v) is 3.41. The molecule has 5 nitrogen and oxygen atoms in total. The van der Waals surface area contributed by atoms with Crippen molar-refractivity contribution in [3.05, 3.63) is 52.8 Å². The zero-order chi connectivity index (χ0) is 19.1. The molecule has 0 saturated carbocycles. The van der Waals surface area contributed by atoms with Crippen LogP contribution >= 0.6 is 11.6 Å². The third-order valence-corrected chi connectivity index (χ3v) is 4.96. The van der Waals surface area contributed by atoms with Gasteiger partial charge in [-0.3, -0.25) is 4.98 Å². The molecule has 1 saturated heterocycles. The number of fused-ring (bicyclic) bond motifs is 1. The summed E-state index contributed by atoms with van der Waals surface area (Å²) >= 11 is 5.88. The second kappa shape index (κ2) is 7.01. The molecule has 0 spiro atoms. The molecule has 1 aliphatic rings. The summed E-state index contributed by atoms with van der Waals surface area (Å²) in [5, 5.41) is 0.499. The Kier molecular flexibility index (Phi) is 4.69. The van der Waals surface area contributed by atoms with Gasteiger partial charge in [0.05, 0.1) is 34.3 Å². The highest BCUT2D eigenvalue weighted by molar-refractivity contribution is 6.30. The van der Waals surface area contributed by atoms with E-state index in [2.05, 4.69) is 9.97 Å². The maximum atomic E-state index is 13.9. The number of alkyl halides is 1. The van der Waals surface area contributed by atoms with Crippen molar-refractivity contribution in [3.63, 3.8) is 0 Å². The molecule has 1 aliphatic heterocycles. The summed E-state index contributed by atoms with van der Waals surface area (Å²) in [5.41, 5.74) is 7.28. The van der Waals surface area contributed by atoms with Crippen molar-refractivity contribution in [3.8, 4) is 0 Å². The van der Waals surface area contributed by atoms with Crippen LogP contribution < -0.4 is 10.6 Å². The van der Waals surface area contributed by atoms with Crippen LogP contribution in [0.4, 0.5) is 19.1 Å². The van der Waals surface area contributed by atoms with E-state index in [0.717, 1.165) is 12.1 Å². The van der Waals surface area contributed by atoms with Gasteiger partial charge in [-0.15, -0.1) is 0 Å². The van der Waals surface area contributed by atoms with Gasteiger partial charge in [-0.25, -0.2) is 18.2 Å². The number of hydrogen-bond acceptors (Lipinski definition) is 4. The Balaban J connectivity index is 1.80. The van der Waals surface area contributed by atoms with Crippen LogP contribution in [0, 0.1) is 11.6 Å². The lowest BCUT2D eigenvalue weighted by Gasteiger charge is -2.34. The molecular formula is C18H17ClF3N5. The number of piperidine rings is 1. The molecule has 0 aliphatic carbocycles. The molecule has 2 aromatic heterocycles. The summed E-state index contributed by atoms with van der Waals surface area (Å²) in [6, 6.07) is 4.97. The highest BCUT2D eigenvalue weighted by Gasteiger charge is 2.29. The zero-order valence-corrected chi connectivity index (χ0v) is 15.0. The first-order chi connectivity index (χ1) is 12.9. The molecule has 142 valence electrons. The van der Waals surface area contributed by atoms with Gasteiger partial charge in [0.25, 0.3) is 0 Å². The van der Waals surface area contributed by atoms with Crippen molar-refractivity contribution in [2.24, 2.45) is 5.73 Å². The lowest BCUT2D eigenvalue weighted by atomic mass is 10.1. The summed E-state index contributed by atoms with van der Waals surface area (Å²) < 4.78 is 43.0. The normalized spacial score (nSPS) is 20.4. The third-order valence-electron chi connectivity index (χ3n) is 4.73. The quantitative estimate of drug-likeness (QED) is 0.739. The monoisotopic (exact) mass is 395 g/mol. The Bertz CT molecular complexity index is 975. The van der Waals surface area contributed by atoms with Gasteiger partial charge in [-0.1, -0.05) is 11.6 Å². The highest BCUT2D eigenvalue weighted by Crippen LogP contribution is 2.28. The number of halogens is 4. The number of imidazole rings is 1. The molecule has 1 fully saturated rings. The predicted octanol–water partition coefficient (Wildman–Crippen LogP) is 3.29. The maximum Gasteiger partial charge on any atom is 0.206 e. The van der Waals surface area contributed by atoms with E-state index in [1.807, 2.05) is 4.90 Å². The van der Waals surface area contributed by atoms with Gasteiger partial charge in [0.15, 0.2) is 11.6 Å². The van der Waals surface area contributed by atoms with E-state index < -0.39 is 23.8 Å². The Morgan fingerprint density at radius 2 is 2.00 bits per heavy atom. The van der Waals surface area contributed by atoms with Crippen LogP contribution in [-0.4, -0.2) is 39.8 Å². The van der Waals surface area contributed by atoms with Gasteiger partial charge in [-0.2, -0.15) is 0 Å². The first kappa shape index (κ1) is 18.1. The molecule has 0 radical (unpaired) electrons. The Morgan fingerprint density at radius 1 is 1.22 bits per heavy atom. The second-order valence-corrected chi connectivity index (χ2v) is 7.07. The lowest BCUT2D eigenvalue weighted by Crippen LogP contribution is -2.50. The van der Waals surface area contributed by atoms with Crippen LogP contribution in [-0.2, 0) is 6.54 Å². The minimum absolute atomic E-state index is 0.267. The topological polar surface area (TPSA) is 60.0 Å². The van der Waals surface area contributed by atoms with Crippen LogP contribution in [0.25, 0.3) is 11.0 Å². The average molecular weight is 396 g/mol. The number of aromatic nitrogens is 3.